The zero-order valence-corrected chi connectivity index (χ0v) is 15.8. The molecular weight excluding hydrogens is 380 g/mol. The lowest BCUT2D eigenvalue weighted by molar-refractivity contribution is 0.0920. The first-order valence-corrected chi connectivity index (χ1v) is 9.46. The Hall–Kier alpha value is -4.12. The second-order valence-electron chi connectivity index (χ2n) is 6.81. The molecule has 0 fully saturated rings. The Morgan fingerprint density at radius 3 is 2.33 bits per heavy atom. The highest BCUT2D eigenvalue weighted by Gasteiger charge is 2.20. The molecule has 5 aromatic rings. The quantitative estimate of drug-likeness (QED) is 0.369. The summed E-state index contributed by atoms with van der Waals surface area (Å²) in [7, 11) is 0. The van der Waals surface area contributed by atoms with Gasteiger partial charge in [0.2, 0.25) is 11.2 Å². The van der Waals surface area contributed by atoms with Gasteiger partial charge >= 0.3 is 0 Å². The average molecular weight is 396 g/mol. The second-order valence-corrected chi connectivity index (χ2v) is 6.81. The van der Waals surface area contributed by atoms with Gasteiger partial charge in [-0.3, -0.25) is 9.59 Å². The van der Waals surface area contributed by atoms with Gasteiger partial charge in [-0.05, 0) is 18.2 Å². The normalized spacial score (nSPS) is 11.1. The van der Waals surface area contributed by atoms with E-state index in [0.29, 0.717) is 33.1 Å². The number of Topliss-reactive ketones (excluding diaryl/α,β-unsaturated/α-hetero) is 1. The van der Waals surface area contributed by atoms with Crippen LogP contribution in [0.3, 0.4) is 0 Å². The van der Waals surface area contributed by atoms with E-state index in [1.54, 1.807) is 48.7 Å². The fourth-order valence-electron chi connectivity index (χ4n) is 3.44. The van der Waals surface area contributed by atoms with Crippen LogP contribution in [-0.4, -0.2) is 12.4 Å². The van der Waals surface area contributed by atoms with Crippen LogP contribution in [-0.2, 0) is 0 Å². The van der Waals surface area contributed by atoms with E-state index in [2.05, 4.69) is 0 Å². The summed E-state index contributed by atoms with van der Waals surface area (Å²) in [6.45, 7) is -0.270. The Morgan fingerprint density at radius 2 is 1.57 bits per heavy atom. The van der Waals surface area contributed by atoms with Crippen molar-refractivity contribution in [2.45, 2.75) is 0 Å². The molecule has 0 radical (unpaired) electrons. The maximum Gasteiger partial charge on any atom is 0.235 e. The third-order valence-corrected chi connectivity index (χ3v) is 4.93. The predicted molar refractivity (Wildman–Crippen MR) is 114 cm³/mol. The van der Waals surface area contributed by atoms with Crippen LogP contribution in [0.25, 0.3) is 33.3 Å². The van der Waals surface area contributed by atoms with Crippen molar-refractivity contribution in [1.82, 2.24) is 0 Å². The minimum atomic E-state index is -0.334. The molecule has 146 valence electrons. The number of carbonyl (C=O) groups excluding carboxylic acids is 1. The minimum Gasteiger partial charge on any atom is -0.478 e. The Balaban J connectivity index is 1.65. The van der Waals surface area contributed by atoms with Gasteiger partial charge in [0.25, 0.3) is 0 Å². The molecule has 2 heterocycles. The molecule has 0 amide bonds. The molecule has 0 atom stereocenters. The van der Waals surface area contributed by atoms with E-state index < -0.39 is 0 Å². The van der Waals surface area contributed by atoms with Gasteiger partial charge in [0.05, 0.1) is 17.0 Å². The number of rotatable bonds is 5. The van der Waals surface area contributed by atoms with E-state index >= 15 is 0 Å². The summed E-state index contributed by atoms with van der Waals surface area (Å²) in [5.74, 6) is 0.0721. The van der Waals surface area contributed by atoms with Crippen molar-refractivity contribution in [3.05, 3.63) is 101 Å². The lowest BCUT2D eigenvalue weighted by Gasteiger charge is -2.12. The summed E-state index contributed by atoms with van der Waals surface area (Å²) < 4.78 is 17.4. The summed E-state index contributed by atoms with van der Waals surface area (Å²) in [6, 6.07) is 23.1. The number of ether oxygens (including phenoxy) is 1. The minimum absolute atomic E-state index is 0.0147. The zero-order valence-electron chi connectivity index (χ0n) is 15.8. The largest absolute Gasteiger partial charge is 0.478 e. The number of hydrogen-bond acceptors (Lipinski definition) is 5. The van der Waals surface area contributed by atoms with Crippen molar-refractivity contribution >= 4 is 27.7 Å². The first kappa shape index (κ1) is 17.9. The summed E-state index contributed by atoms with van der Waals surface area (Å²) in [5, 5.41) is 1.07. The van der Waals surface area contributed by atoms with Crippen molar-refractivity contribution in [3.63, 3.8) is 0 Å². The fraction of sp³-hybridized carbons (Fsp3) is 0.0400. The summed E-state index contributed by atoms with van der Waals surface area (Å²) in [6.07, 6.45) is 1.55. The van der Waals surface area contributed by atoms with Crippen molar-refractivity contribution in [2.75, 3.05) is 6.61 Å². The number of furan rings is 1. The van der Waals surface area contributed by atoms with Gasteiger partial charge in [0, 0.05) is 11.1 Å². The van der Waals surface area contributed by atoms with Gasteiger partial charge in [0.15, 0.2) is 18.2 Å². The molecule has 0 unspecified atom stereocenters. The highest BCUT2D eigenvalue weighted by molar-refractivity contribution is 6.03. The van der Waals surface area contributed by atoms with E-state index in [0.717, 1.165) is 0 Å². The van der Waals surface area contributed by atoms with Crippen LogP contribution >= 0.6 is 0 Å². The molecule has 5 nitrogen and oxygen atoms in total. The second kappa shape index (κ2) is 7.37. The summed E-state index contributed by atoms with van der Waals surface area (Å²) in [5.41, 5.74) is 1.91. The Bertz CT molecular complexity index is 1410. The molecule has 0 aliphatic heterocycles. The van der Waals surface area contributed by atoms with Gasteiger partial charge in [0.1, 0.15) is 11.2 Å². The van der Waals surface area contributed by atoms with Crippen molar-refractivity contribution in [2.24, 2.45) is 0 Å². The molecule has 0 N–H and O–H groups in total. The molecule has 2 aromatic heterocycles. The first-order chi connectivity index (χ1) is 14.7. The molecule has 0 spiro atoms. The van der Waals surface area contributed by atoms with Crippen molar-refractivity contribution in [3.8, 4) is 17.1 Å². The standard InChI is InChI=1S/C25H16O5/c26-20(16-7-3-1-4-8-16)15-29-25-22(27)19-11-12-21-18(13-14-28-21)24(19)30-23(25)17-9-5-2-6-10-17/h1-14H,15H2. The first-order valence-electron chi connectivity index (χ1n) is 9.46. The molecular formula is C25H16O5. The van der Waals surface area contributed by atoms with Crippen LogP contribution < -0.4 is 10.2 Å². The van der Waals surface area contributed by atoms with Crippen LogP contribution in [0.1, 0.15) is 10.4 Å². The lowest BCUT2D eigenvalue weighted by Crippen LogP contribution is -2.17. The van der Waals surface area contributed by atoms with E-state index in [4.69, 9.17) is 13.6 Å². The smallest absolute Gasteiger partial charge is 0.235 e. The van der Waals surface area contributed by atoms with Gasteiger partial charge in [-0.25, -0.2) is 0 Å². The Labute approximate surface area is 171 Å². The Morgan fingerprint density at radius 1 is 0.833 bits per heavy atom. The molecule has 0 aliphatic rings. The molecule has 0 saturated carbocycles. The van der Waals surface area contributed by atoms with E-state index in [1.165, 1.54) is 0 Å². The highest BCUT2D eigenvalue weighted by Crippen LogP contribution is 2.34. The van der Waals surface area contributed by atoms with E-state index in [1.807, 2.05) is 36.4 Å². The molecule has 0 aliphatic carbocycles. The maximum absolute atomic E-state index is 13.3. The monoisotopic (exact) mass is 396 g/mol. The number of hydrogen-bond donors (Lipinski definition) is 0. The predicted octanol–water partition coefficient (Wildman–Crippen LogP) is 5.47. The topological polar surface area (TPSA) is 69.7 Å². The van der Waals surface area contributed by atoms with Crippen LogP contribution in [0.5, 0.6) is 5.75 Å². The van der Waals surface area contributed by atoms with Crippen LogP contribution in [0.15, 0.2) is 98.8 Å². The van der Waals surface area contributed by atoms with Gasteiger partial charge in [-0.1, -0.05) is 60.7 Å². The van der Waals surface area contributed by atoms with E-state index in [-0.39, 0.29) is 29.3 Å². The molecule has 5 rings (SSSR count). The molecule has 0 saturated heterocycles. The molecule has 0 bridgehead atoms. The van der Waals surface area contributed by atoms with Crippen molar-refractivity contribution in [1.29, 1.82) is 0 Å². The third-order valence-electron chi connectivity index (χ3n) is 4.93. The Kier molecular flexibility index (Phi) is 4.41. The van der Waals surface area contributed by atoms with E-state index in [9.17, 15) is 9.59 Å². The molecule has 5 heteroatoms. The third kappa shape index (κ3) is 3.06. The lowest BCUT2D eigenvalue weighted by atomic mass is 10.1. The van der Waals surface area contributed by atoms with Gasteiger partial charge in [-0.2, -0.15) is 0 Å². The SMILES string of the molecule is O=C(COc1c(-c2ccccc2)oc2c(ccc3occc32)c1=O)c1ccccc1. The van der Waals surface area contributed by atoms with Crippen LogP contribution in [0.4, 0.5) is 0 Å². The molecule has 30 heavy (non-hydrogen) atoms. The number of fused-ring (bicyclic) bond motifs is 3. The van der Waals surface area contributed by atoms with Crippen LogP contribution in [0.2, 0.25) is 0 Å². The number of carbonyl (C=O) groups is 1. The van der Waals surface area contributed by atoms with Gasteiger partial charge in [-0.15, -0.1) is 0 Å². The van der Waals surface area contributed by atoms with Crippen LogP contribution in [0, 0.1) is 0 Å². The fourth-order valence-corrected chi connectivity index (χ4v) is 3.44. The summed E-state index contributed by atoms with van der Waals surface area (Å²) >= 11 is 0. The highest BCUT2D eigenvalue weighted by atomic mass is 16.5. The number of benzene rings is 3. The van der Waals surface area contributed by atoms with Gasteiger partial charge < -0.3 is 13.6 Å². The average Bonchev–Trinajstić information content (AvgIpc) is 3.28. The molecule has 3 aromatic carbocycles. The van der Waals surface area contributed by atoms with Crippen molar-refractivity contribution < 1.29 is 18.4 Å². The summed E-state index contributed by atoms with van der Waals surface area (Å²) in [4.78, 5) is 25.8. The zero-order chi connectivity index (χ0) is 20.5. The maximum atomic E-state index is 13.3. The number of ketones is 1.